The molecule has 0 radical (unpaired) electrons. The van der Waals surface area contributed by atoms with Gasteiger partial charge < -0.3 is 24.3 Å². The summed E-state index contributed by atoms with van der Waals surface area (Å²) in [5, 5.41) is 3.66. The van der Waals surface area contributed by atoms with Crippen LogP contribution in [0.5, 0.6) is 0 Å². The second kappa shape index (κ2) is 15.9. The molecule has 12 heteroatoms. The number of aromatic nitrogens is 1. The quantitative estimate of drug-likeness (QED) is 0.251. The first-order valence-corrected chi connectivity index (χ1v) is 18.2. The van der Waals surface area contributed by atoms with Crippen LogP contribution in [0.25, 0.3) is 10.9 Å². The molecule has 3 fully saturated rings. The highest BCUT2D eigenvalue weighted by Crippen LogP contribution is 2.32. The fraction of sp³-hybridized carbons (Fsp3) is 0.553. The largest absolute Gasteiger partial charge is 0.376 e. The van der Waals surface area contributed by atoms with Crippen LogP contribution in [0.1, 0.15) is 61.9 Å². The van der Waals surface area contributed by atoms with E-state index in [1.807, 2.05) is 40.8 Å². The van der Waals surface area contributed by atoms with Gasteiger partial charge in [-0.25, -0.2) is 8.78 Å². The minimum Gasteiger partial charge on any atom is -0.376 e. The highest BCUT2D eigenvalue weighted by Gasteiger charge is 2.41. The molecule has 6 rings (SSSR count). The van der Waals surface area contributed by atoms with E-state index in [-0.39, 0.29) is 71.5 Å². The average Bonchev–Trinajstić information content (AvgIpc) is 3.69. The van der Waals surface area contributed by atoms with E-state index in [1.54, 1.807) is 6.20 Å². The van der Waals surface area contributed by atoms with Crippen molar-refractivity contribution < 1.29 is 27.9 Å². The monoisotopic (exact) mass is 711 g/mol. The van der Waals surface area contributed by atoms with Gasteiger partial charge >= 0.3 is 0 Å². The third-order valence-electron chi connectivity index (χ3n) is 11.0. The number of para-hydroxylation sites is 1. The fourth-order valence-corrected chi connectivity index (χ4v) is 8.52. The third kappa shape index (κ3) is 7.91. The molecule has 0 spiro atoms. The van der Waals surface area contributed by atoms with Crippen molar-refractivity contribution in [1.82, 2.24) is 19.3 Å². The van der Waals surface area contributed by atoms with Gasteiger partial charge in [0.15, 0.2) is 0 Å². The second-order valence-corrected chi connectivity index (χ2v) is 14.8. The summed E-state index contributed by atoms with van der Waals surface area (Å²) in [6.45, 7) is 6.67. The Kier molecular flexibility index (Phi) is 11.6. The Bertz CT molecular complexity index is 1680. The lowest BCUT2D eigenvalue weighted by Crippen LogP contribution is -2.59. The molecule has 2 aromatic carbocycles. The van der Waals surface area contributed by atoms with Crippen molar-refractivity contribution >= 4 is 46.3 Å². The van der Waals surface area contributed by atoms with Crippen LogP contribution in [0.2, 0.25) is 5.02 Å². The highest BCUT2D eigenvalue weighted by molar-refractivity contribution is 6.34. The van der Waals surface area contributed by atoms with Crippen molar-refractivity contribution in [3.05, 3.63) is 64.6 Å². The highest BCUT2D eigenvalue weighted by atomic mass is 35.5. The molecule has 1 saturated carbocycles. The van der Waals surface area contributed by atoms with Crippen LogP contribution in [0.4, 0.5) is 14.5 Å². The summed E-state index contributed by atoms with van der Waals surface area (Å²) >= 11 is 6.58. The van der Waals surface area contributed by atoms with Gasteiger partial charge in [-0.05, 0) is 69.7 Å². The molecular weight excluding hydrogens is 664 g/mol. The number of rotatable bonds is 11. The van der Waals surface area contributed by atoms with E-state index in [9.17, 15) is 18.8 Å². The number of aldehydes is 1. The number of carbonyl (C=O) groups is 3. The van der Waals surface area contributed by atoms with Crippen molar-refractivity contribution in [2.24, 2.45) is 13.0 Å². The number of aryl methyl sites for hydroxylation is 1. The van der Waals surface area contributed by atoms with Gasteiger partial charge in [0, 0.05) is 74.4 Å². The zero-order chi connectivity index (χ0) is 35.5. The van der Waals surface area contributed by atoms with Gasteiger partial charge in [0.05, 0.1) is 41.4 Å². The summed E-state index contributed by atoms with van der Waals surface area (Å²) in [4.78, 5) is 44.9. The zero-order valence-electron chi connectivity index (χ0n) is 29.1. The van der Waals surface area contributed by atoms with Gasteiger partial charge in [0.1, 0.15) is 18.8 Å². The number of nitrogens with zero attached hydrogens (tertiary/aromatic N) is 4. The van der Waals surface area contributed by atoms with E-state index >= 15 is 4.39 Å². The molecule has 3 heterocycles. The SMILES string of the molecule is C[C@@H]1CN([C@H]2C[C@@H](COC3CCC(C=O)CC3)N(C(=O)Cc3cc(Cl)c(NC(=O)c4cn(C)c5ccccc45)cc3F)C2)C[C@H](C)N1CCF. The van der Waals surface area contributed by atoms with Gasteiger partial charge in [-0.15, -0.1) is 0 Å². The summed E-state index contributed by atoms with van der Waals surface area (Å²) in [7, 11) is 1.85. The van der Waals surface area contributed by atoms with Crippen LogP contribution in [0, 0.1) is 11.7 Å². The second-order valence-electron chi connectivity index (χ2n) is 14.4. The standard InChI is InChI=1S/C38H48ClF2N5O4/c1-24-18-44(19-25(2)45(24)13-12-40)28-16-29(23-50-30-10-8-26(22-47)9-11-30)46(20-28)37(48)15-27-14-33(39)35(17-34(27)41)42-38(49)32-21-43(3)36-7-5-4-6-31(32)36/h4-7,14,17,21-22,24-26,28-30H,8-13,15-16,18-20,23H2,1-3H3,(H,42,49)/t24-,25+,26?,28-,29-,30?/m0/s1. The number of hydrogen-bond donors (Lipinski definition) is 1. The summed E-state index contributed by atoms with van der Waals surface area (Å²) in [6.07, 6.45) is 6.57. The Morgan fingerprint density at radius 2 is 1.78 bits per heavy atom. The number of anilines is 1. The summed E-state index contributed by atoms with van der Waals surface area (Å²) < 4.78 is 37.1. The number of benzene rings is 2. The van der Waals surface area contributed by atoms with E-state index in [0.717, 1.165) is 62.4 Å². The lowest BCUT2D eigenvalue weighted by atomic mass is 9.88. The molecule has 2 aliphatic heterocycles. The topological polar surface area (TPSA) is 87.1 Å². The molecule has 2 amide bonds. The van der Waals surface area contributed by atoms with Crippen molar-refractivity contribution in [3.8, 4) is 0 Å². The number of fused-ring (bicyclic) bond motifs is 1. The zero-order valence-corrected chi connectivity index (χ0v) is 29.9. The summed E-state index contributed by atoms with van der Waals surface area (Å²) in [6, 6.07) is 10.4. The molecule has 9 nitrogen and oxygen atoms in total. The van der Waals surface area contributed by atoms with Gasteiger partial charge in [0.2, 0.25) is 5.91 Å². The molecule has 3 aromatic rings. The van der Waals surface area contributed by atoms with Crippen LogP contribution < -0.4 is 5.32 Å². The predicted molar refractivity (Wildman–Crippen MR) is 191 cm³/mol. The lowest BCUT2D eigenvalue weighted by molar-refractivity contribution is -0.133. The normalized spacial score (nSPS) is 26.4. The Morgan fingerprint density at radius 1 is 1.06 bits per heavy atom. The smallest absolute Gasteiger partial charge is 0.257 e. The Labute approximate surface area is 297 Å². The van der Waals surface area contributed by atoms with Crippen LogP contribution in [-0.2, 0) is 27.8 Å². The van der Waals surface area contributed by atoms with Crippen LogP contribution >= 0.6 is 11.6 Å². The molecular formula is C38H48ClF2N5O4. The van der Waals surface area contributed by atoms with E-state index in [0.29, 0.717) is 25.3 Å². The van der Waals surface area contributed by atoms with Crippen LogP contribution in [0.15, 0.2) is 42.6 Å². The molecule has 1 N–H and O–H groups in total. The Balaban J connectivity index is 1.15. The van der Waals surface area contributed by atoms with Crippen molar-refractivity contribution in [2.75, 3.05) is 44.8 Å². The number of alkyl halides is 1. The Hall–Kier alpha value is -3.38. The predicted octanol–water partition coefficient (Wildman–Crippen LogP) is 5.87. The van der Waals surface area contributed by atoms with Crippen LogP contribution in [0.3, 0.4) is 0 Å². The van der Waals surface area contributed by atoms with E-state index in [4.69, 9.17) is 16.3 Å². The van der Waals surface area contributed by atoms with Gasteiger partial charge in [0.25, 0.3) is 5.91 Å². The maximum absolute atomic E-state index is 15.6. The average molecular weight is 712 g/mol. The summed E-state index contributed by atoms with van der Waals surface area (Å²) in [5.41, 5.74) is 1.62. The number of halogens is 3. The first-order chi connectivity index (χ1) is 24.1. The molecule has 3 aliphatic rings. The van der Waals surface area contributed by atoms with Gasteiger partial charge in [-0.2, -0.15) is 0 Å². The molecule has 1 aromatic heterocycles. The molecule has 50 heavy (non-hydrogen) atoms. The number of nitrogens with one attached hydrogen (secondary N) is 1. The lowest BCUT2D eigenvalue weighted by Gasteiger charge is -2.46. The maximum Gasteiger partial charge on any atom is 0.257 e. The number of ether oxygens (including phenoxy) is 1. The van der Waals surface area contributed by atoms with E-state index < -0.39 is 11.7 Å². The molecule has 1 aliphatic carbocycles. The van der Waals surface area contributed by atoms with Crippen LogP contribution in [-0.4, -0.2) is 107 Å². The van der Waals surface area contributed by atoms with E-state index in [1.165, 1.54) is 12.1 Å². The van der Waals surface area contributed by atoms with E-state index in [2.05, 4.69) is 29.0 Å². The fourth-order valence-electron chi connectivity index (χ4n) is 8.29. The molecule has 2 saturated heterocycles. The number of likely N-dealkylation sites (tertiary alicyclic amines) is 1. The number of amides is 2. The number of carbonyl (C=O) groups excluding carboxylic acids is 3. The van der Waals surface area contributed by atoms with Crippen molar-refractivity contribution in [2.45, 2.75) is 82.6 Å². The first kappa shape index (κ1) is 36.4. The van der Waals surface area contributed by atoms with Crippen molar-refractivity contribution in [1.29, 1.82) is 0 Å². The van der Waals surface area contributed by atoms with Crippen molar-refractivity contribution in [3.63, 3.8) is 0 Å². The van der Waals surface area contributed by atoms with Gasteiger partial charge in [-0.1, -0.05) is 29.8 Å². The number of piperazine rings is 1. The third-order valence-corrected chi connectivity index (χ3v) is 11.3. The number of hydrogen-bond acceptors (Lipinski definition) is 6. The maximum atomic E-state index is 15.6. The molecule has 0 unspecified atom stereocenters. The molecule has 4 atom stereocenters. The minimum absolute atomic E-state index is 0.0411. The van der Waals surface area contributed by atoms with Gasteiger partial charge in [-0.3, -0.25) is 19.4 Å². The molecule has 270 valence electrons. The molecule has 0 bridgehead atoms. The summed E-state index contributed by atoms with van der Waals surface area (Å²) in [5.74, 6) is -1.17. The first-order valence-electron chi connectivity index (χ1n) is 17.8. The minimum atomic E-state index is -0.627. The Morgan fingerprint density at radius 3 is 2.48 bits per heavy atom.